The van der Waals surface area contributed by atoms with Crippen LogP contribution >= 0.6 is 0 Å². The van der Waals surface area contributed by atoms with Crippen molar-refractivity contribution in [2.45, 2.75) is 25.2 Å². The molecule has 2 heterocycles. The molecule has 0 saturated carbocycles. The first-order valence-corrected chi connectivity index (χ1v) is 23.6. The molecule has 0 fully saturated rings. The average molecular weight is 813 g/mol. The van der Waals surface area contributed by atoms with E-state index < -0.39 is 8.07 Å². The molecule has 7 aromatic carbocycles. The molecule has 9 aromatic rings. The highest BCUT2D eigenvalue weighted by atomic mass is 28.3. The molecule has 5 heteroatoms. The van der Waals surface area contributed by atoms with Crippen molar-refractivity contribution in [2.75, 3.05) is 0 Å². The van der Waals surface area contributed by atoms with Gasteiger partial charge in [-0.05, 0) is 70.2 Å². The third kappa shape index (κ3) is 6.68. The Kier molecular flexibility index (Phi) is 9.79. The summed E-state index contributed by atoms with van der Waals surface area (Å²) in [5.41, 5.74) is 9.05. The Bertz CT molecular complexity index is 3040. The molecule has 0 bridgehead atoms. The summed E-state index contributed by atoms with van der Waals surface area (Å²) in [5.74, 6) is 2.21. The third-order valence-electron chi connectivity index (χ3n) is 12.7. The number of rotatable bonds is 9. The van der Waals surface area contributed by atoms with Crippen molar-refractivity contribution in [3.63, 3.8) is 0 Å². The van der Waals surface area contributed by atoms with Crippen molar-refractivity contribution < 1.29 is 0 Å². The SMILES string of the molecule is C1=CCCC([Si](c2ccccc2)(c2ccccc2)c2ccc(C3C=Cc4c(c5ccccc5n4-c4cccc(-c5nc(-c6ccccc6)nc(-c6ccccc6)n5)c4)C3)cc2)=C1. The second kappa shape index (κ2) is 16.2. The number of benzene rings is 7. The summed E-state index contributed by atoms with van der Waals surface area (Å²) in [4.78, 5) is 15.0. The molecule has 0 spiro atoms. The molecule has 62 heavy (non-hydrogen) atoms. The maximum absolute atomic E-state index is 5.05. The van der Waals surface area contributed by atoms with Crippen LogP contribution in [0.1, 0.15) is 35.6 Å². The molecule has 0 radical (unpaired) electrons. The van der Waals surface area contributed by atoms with Crippen molar-refractivity contribution in [3.8, 4) is 39.9 Å². The first kappa shape index (κ1) is 37.5. The van der Waals surface area contributed by atoms with Gasteiger partial charge in [0.1, 0.15) is 0 Å². The van der Waals surface area contributed by atoms with Crippen LogP contribution in [-0.2, 0) is 6.42 Å². The highest BCUT2D eigenvalue weighted by Crippen LogP contribution is 2.39. The minimum absolute atomic E-state index is 0.251. The zero-order valence-corrected chi connectivity index (χ0v) is 35.3. The lowest BCUT2D eigenvalue weighted by molar-refractivity contribution is 0.825. The zero-order valence-electron chi connectivity index (χ0n) is 34.3. The summed E-state index contributed by atoms with van der Waals surface area (Å²) in [5, 5.41) is 7.15. The molecule has 1 atom stereocenters. The van der Waals surface area contributed by atoms with Crippen molar-refractivity contribution in [2.24, 2.45) is 0 Å². The van der Waals surface area contributed by atoms with Gasteiger partial charge in [0, 0.05) is 39.4 Å². The largest absolute Gasteiger partial charge is 0.310 e. The zero-order chi connectivity index (χ0) is 41.3. The standard InChI is InChI=1S/C57H44N4Si/c1-6-19-42(20-7-1)55-58-56(43-21-8-2-9-22-43)60-57(59-55)45-23-18-24-46(39-45)61-53-32-17-16-31-51(53)52-40-44(35-38-54(52)61)41-33-36-50(37-34-41)62(47-25-10-3-11-26-47,48-27-12-4-13-28-48)49-29-14-5-15-30-49/h1-14,16-29,31-39,44H,15,30,40H2. The number of hydrogen-bond acceptors (Lipinski definition) is 3. The van der Waals surface area contributed by atoms with Crippen LogP contribution in [0.2, 0.25) is 0 Å². The summed E-state index contributed by atoms with van der Waals surface area (Å²) in [6, 6.07) is 70.1. The van der Waals surface area contributed by atoms with Crippen LogP contribution in [0.4, 0.5) is 0 Å². The number of allylic oxidation sites excluding steroid dienone is 5. The first-order valence-electron chi connectivity index (χ1n) is 21.6. The van der Waals surface area contributed by atoms with Gasteiger partial charge in [-0.3, -0.25) is 0 Å². The fourth-order valence-corrected chi connectivity index (χ4v) is 14.8. The van der Waals surface area contributed by atoms with Crippen molar-refractivity contribution in [1.29, 1.82) is 0 Å². The van der Waals surface area contributed by atoms with E-state index in [4.69, 9.17) is 15.0 Å². The van der Waals surface area contributed by atoms with E-state index in [2.05, 4.69) is 168 Å². The highest BCUT2D eigenvalue weighted by Gasteiger charge is 2.42. The molecule has 0 amide bonds. The number of hydrogen-bond donors (Lipinski definition) is 0. The molecule has 0 N–H and O–H groups in total. The Morgan fingerprint density at radius 3 is 1.68 bits per heavy atom. The summed E-state index contributed by atoms with van der Waals surface area (Å²) in [6.45, 7) is 0. The molecular weight excluding hydrogens is 769 g/mol. The Labute approximate surface area is 364 Å². The maximum Gasteiger partial charge on any atom is 0.175 e. The molecular formula is C57H44N4Si. The van der Waals surface area contributed by atoms with E-state index in [-0.39, 0.29) is 5.92 Å². The van der Waals surface area contributed by atoms with Gasteiger partial charge in [-0.25, -0.2) is 15.0 Å². The van der Waals surface area contributed by atoms with Crippen LogP contribution in [-0.4, -0.2) is 27.6 Å². The van der Waals surface area contributed by atoms with Gasteiger partial charge in [0.25, 0.3) is 0 Å². The second-order valence-electron chi connectivity index (χ2n) is 16.2. The maximum atomic E-state index is 5.05. The summed E-state index contributed by atoms with van der Waals surface area (Å²) in [6.07, 6.45) is 14.8. The van der Waals surface area contributed by atoms with E-state index >= 15 is 0 Å². The molecule has 2 aliphatic rings. The number of para-hydroxylation sites is 1. The molecule has 2 aromatic heterocycles. The lowest BCUT2D eigenvalue weighted by atomic mass is 9.87. The quantitative estimate of drug-likeness (QED) is 0.108. The van der Waals surface area contributed by atoms with Gasteiger partial charge < -0.3 is 4.57 Å². The Morgan fingerprint density at radius 2 is 1.06 bits per heavy atom. The molecule has 2 aliphatic carbocycles. The van der Waals surface area contributed by atoms with Crippen molar-refractivity contribution in [3.05, 3.63) is 240 Å². The van der Waals surface area contributed by atoms with Gasteiger partial charge in [-0.2, -0.15) is 0 Å². The monoisotopic (exact) mass is 812 g/mol. The predicted molar refractivity (Wildman–Crippen MR) is 259 cm³/mol. The van der Waals surface area contributed by atoms with Gasteiger partial charge in [0.2, 0.25) is 0 Å². The number of fused-ring (bicyclic) bond motifs is 3. The first-order chi connectivity index (χ1) is 30.7. The topological polar surface area (TPSA) is 43.6 Å². The third-order valence-corrected chi connectivity index (χ3v) is 17.7. The minimum atomic E-state index is -2.52. The fourth-order valence-electron chi connectivity index (χ4n) is 9.77. The summed E-state index contributed by atoms with van der Waals surface area (Å²) in [7, 11) is -2.52. The molecule has 296 valence electrons. The number of nitrogens with zero attached hydrogens (tertiary/aromatic N) is 4. The Balaban J connectivity index is 0.972. The van der Waals surface area contributed by atoms with Crippen molar-refractivity contribution >= 4 is 40.6 Å². The minimum Gasteiger partial charge on any atom is -0.310 e. The van der Waals surface area contributed by atoms with Crippen molar-refractivity contribution in [1.82, 2.24) is 19.5 Å². The Morgan fingerprint density at radius 1 is 0.516 bits per heavy atom. The van der Waals surface area contributed by atoms with Crippen LogP contribution in [0.25, 0.3) is 56.8 Å². The fraction of sp³-hybridized carbons (Fsp3) is 0.0702. The van der Waals surface area contributed by atoms with E-state index in [1.165, 1.54) is 43.3 Å². The van der Waals surface area contributed by atoms with Crippen LogP contribution in [0.5, 0.6) is 0 Å². The normalized spacial score (nSPS) is 14.7. The van der Waals surface area contributed by atoms with Crippen LogP contribution in [0.3, 0.4) is 0 Å². The number of aromatic nitrogens is 4. The van der Waals surface area contributed by atoms with Gasteiger partial charge in [-0.15, -0.1) is 0 Å². The molecule has 4 nitrogen and oxygen atoms in total. The van der Waals surface area contributed by atoms with E-state index in [0.717, 1.165) is 41.6 Å². The second-order valence-corrected chi connectivity index (χ2v) is 20.1. The van der Waals surface area contributed by atoms with Gasteiger partial charge in [0.05, 0.1) is 5.52 Å². The highest BCUT2D eigenvalue weighted by molar-refractivity contribution is 7.16. The lowest BCUT2D eigenvalue weighted by Crippen LogP contribution is -2.68. The molecule has 0 aliphatic heterocycles. The van der Waals surface area contributed by atoms with E-state index in [1.807, 2.05) is 60.7 Å². The lowest BCUT2D eigenvalue weighted by Gasteiger charge is -2.37. The van der Waals surface area contributed by atoms with Crippen LogP contribution in [0.15, 0.2) is 224 Å². The van der Waals surface area contributed by atoms with Crippen LogP contribution < -0.4 is 15.6 Å². The summed E-state index contributed by atoms with van der Waals surface area (Å²) < 4.78 is 2.41. The summed E-state index contributed by atoms with van der Waals surface area (Å²) >= 11 is 0. The predicted octanol–water partition coefficient (Wildman–Crippen LogP) is 11.5. The van der Waals surface area contributed by atoms with E-state index in [1.54, 1.807) is 5.20 Å². The van der Waals surface area contributed by atoms with E-state index in [9.17, 15) is 0 Å². The van der Waals surface area contributed by atoms with E-state index in [0.29, 0.717) is 17.5 Å². The Hall–Kier alpha value is -7.47. The van der Waals surface area contributed by atoms with Gasteiger partial charge in [0.15, 0.2) is 25.5 Å². The molecule has 0 saturated heterocycles. The van der Waals surface area contributed by atoms with Gasteiger partial charge >= 0.3 is 0 Å². The molecule has 11 rings (SSSR count). The smallest absolute Gasteiger partial charge is 0.175 e. The van der Waals surface area contributed by atoms with Crippen LogP contribution in [0, 0.1) is 0 Å². The molecule has 1 unspecified atom stereocenters. The van der Waals surface area contributed by atoms with Gasteiger partial charge in [-0.1, -0.05) is 205 Å². The average Bonchev–Trinajstić information content (AvgIpc) is 3.70.